The maximum atomic E-state index is 12.1. The molecule has 1 aliphatic heterocycles. The van der Waals surface area contributed by atoms with Gasteiger partial charge in [-0.05, 0) is 43.4 Å². The molecule has 1 aliphatic rings. The average Bonchev–Trinajstić information content (AvgIpc) is 2.74. The number of piperidine rings is 1. The van der Waals surface area contributed by atoms with Crippen molar-refractivity contribution in [1.29, 1.82) is 0 Å². The number of rotatable bonds is 11. The number of ether oxygens (including phenoxy) is 2. The first-order chi connectivity index (χ1) is 14.1. The molecule has 0 saturated carbocycles. The molecule has 1 heterocycles. The maximum Gasteiger partial charge on any atom is 0.409 e. The number of nitrogens with zero attached hydrogens (tertiary/aromatic N) is 1. The predicted octanol–water partition coefficient (Wildman–Crippen LogP) is 3.05. The van der Waals surface area contributed by atoms with E-state index in [0.717, 1.165) is 24.8 Å². The average molecular weight is 402 g/mol. The molecule has 7 heteroatoms. The number of hydrogen-bond acceptors (Lipinski definition) is 5. The number of Topliss-reactive ketones (excluding diaryl/α,β-unsaturated/α-hetero) is 1. The highest BCUT2D eigenvalue weighted by molar-refractivity contribution is 6.36. The van der Waals surface area contributed by atoms with Gasteiger partial charge in [-0.1, -0.05) is 36.9 Å². The number of carbonyl (C=O) groups excluding carboxylic acids is 3. The minimum Gasteiger partial charge on any atom is -0.447 e. The standard InChI is InChI=1S/C22H30N2O5/c1-2-23-21(26)20(25)10-6-9-18-11-13-24(14-12-18)22(27)29-16-15-28-17-19-7-4-3-5-8-19/h2-5,7-8,18H,1,6,9-17H2,(H,23,26). The fourth-order valence-electron chi connectivity index (χ4n) is 3.29. The van der Waals surface area contributed by atoms with Crippen molar-refractivity contribution in [2.24, 2.45) is 5.92 Å². The SMILES string of the molecule is C=CNC(=O)C(=O)CCCC1CCN(C(=O)OCCOCc2ccccc2)CC1. The van der Waals surface area contributed by atoms with Gasteiger partial charge in [-0.25, -0.2) is 4.79 Å². The summed E-state index contributed by atoms with van der Waals surface area (Å²) in [4.78, 5) is 36.8. The molecule has 0 aliphatic carbocycles. The van der Waals surface area contributed by atoms with Gasteiger partial charge in [-0.15, -0.1) is 0 Å². The third-order valence-corrected chi connectivity index (χ3v) is 4.94. The largest absolute Gasteiger partial charge is 0.447 e. The van der Waals surface area contributed by atoms with Crippen LogP contribution in [0.25, 0.3) is 0 Å². The number of hydrogen-bond donors (Lipinski definition) is 1. The minimum atomic E-state index is -0.606. The van der Waals surface area contributed by atoms with Crippen LogP contribution in [-0.2, 0) is 25.7 Å². The first-order valence-corrected chi connectivity index (χ1v) is 10.1. The molecular formula is C22H30N2O5. The lowest BCUT2D eigenvalue weighted by Crippen LogP contribution is -2.39. The Morgan fingerprint density at radius 3 is 2.55 bits per heavy atom. The van der Waals surface area contributed by atoms with Crippen LogP contribution in [0.1, 0.15) is 37.7 Å². The van der Waals surface area contributed by atoms with Gasteiger partial charge in [0.2, 0.25) is 5.78 Å². The van der Waals surface area contributed by atoms with Crippen molar-refractivity contribution in [3.8, 4) is 0 Å². The van der Waals surface area contributed by atoms with Crippen molar-refractivity contribution in [3.63, 3.8) is 0 Å². The zero-order chi connectivity index (χ0) is 20.9. The van der Waals surface area contributed by atoms with Gasteiger partial charge in [0, 0.05) is 19.5 Å². The first kappa shape index (κ1) is 22.6. The van der Waals surface area contributed by atoms with E-state index in [2.05, 4.69) is 11.9 Å². The number of carbonyl (C=O) groups is 3. The number of benzene rings is 1. The highest BCUT2D eigenvalue weighted by Crippen LogP contribution is 2.23. The summed E-state index contributed by atoms with van der Waals surface area (Å²) in [6.45, 7) is 5.77. The van der Waals surface area contributed by atoms with E-state index in [-0.39, 0.29) is 19.1 Å². The molecule has 0 atom stereocenters. The molecule has 158 valence electrons. The quantitative estimate of drug-likeness (QED) is 0.454. The van der Waals surface area contributed by atoms with Crippen molar-refractivity contribution in [1.82, 2.24) is 10.2 Å². The molecule has 1 aromatic rings. The predicted molar refractivity (Wildman–Crippen MR) is 109 cm³/mol. The Morgan fingerprint density at radius 2 is 1.86 bits per heavy atom. The smallest absolute Gasteiger partial charge is 0.409 e. The summed E-state index contributed by atoms with van der Waals surface area (Å²) < 4.78 is 10.8. The van der Waals surface area contributed by atoms with E-state index in [1.165, 1.54) is 6.20 Å². The van der Waals surface area contributed by atoms with Crippen molar-refractivity contribution >= 4 is 17.8 Å². The Balaban J connectivity index is 1.53. The summed E-state index contributed by atoms with van der Waals surface area (Å²) in [5.41, 5.74) is 1.09. The monoisotopic (exact) mass is 402 g/mol. The van der Waals surface area contributed by atoms with E-state index in [9.17, 15) is 14.4 Å². The van der Waals surface area contributed by atoms with Gasteiger partial charge in [-0.2, -0.15) is 0 Å². The molecule has 1 fully saturated rings. The van der Waals surface area contributed by atoms with Gasteiger partial charge < -0.3 is 19.7 Å². The molecule has 1 N–H and O–H groups in total. The second-order valence-electron chi connectivity index (χ2n) is 7.08. The van der Waals surface area contributed by atoms with Crippen LogP contribution in [-0.4, -0.2) is 49.0 Å². The number of nitrogens with one attached hydrogen (secondary N) is 1. The first-order valence-electron chi connectivity index (χ1n) is 10.1. The number of likely N-dealkylation sites (tertiary alicyclic amines) is 1. The van der Waals surface area contributed by atoms with Crippen molar-refractivity contribution < 1.29 is 23.9 Å². The third-order valence-electron chi connectivity index (χ3n) is 4.94. The Labute approximate surface area is 172 Å². The third kappa shape index (κ3) is 8.48. The second kappa shape index (κ2) is 12.7. The van der Waals surface area contributed by atoms with Crippen LogP contribution in [0.5, 0.6) is 0 Å². The molecular weight excluding hydrogens is 372 g/mol. The highest BCUT2D eigenvalue weighted by Gasteiger charge is 2.24. The summed E-state index contributed by atoms with van der Waals surface area (Å²) in [5, 5.41) is 2.29. The molecule has 0 radical (unpaired) electrons. The van der Waals surface area contributed by atoms with Crippen LogP contribution < -0.4 is 5.32 Å². The molecule has 2 rings (SSSR count). The highest BCUT2D eigenvalue weighted by atomic mass is 16.6. The Morgan fingerprint density at radius 1 is 1.14 bits per heavy atom. The molecule has 7 nitrogen and oxygen atoms in total. The van der Waals surface area contributed by atoms with Crippen LogP contribution in [0, 0.1) is 5.92 Å². The molecule has 2 amide bonds. The summed E-state index contributed by atoms with van der Waals surface area (Å²) in [6.07, 6.45) is 4.47. The number of ketones is 1. The zero-order valence-electron chi connectivity index (χ0n) is 16.8. The fourth-order valence-corrected chi connectivity index (χ4v) is 3.29. The molecule has 1 aromatic carbocycles. The Hall–Kier alpha value is -2.67. The Kier molecular flexibility index (Phi) is 9.92. The normalized spacial score (nSPS) is 14.3. The molecule has 29 heavy (non-hydrogen) atoms. The van der Waals surface area contributed by atoms with Crippen LogP contribution >= 0.6 is 0 Å². The topological polar surface area (TPSA) is 84.9 Å². The summed E-state index contributed by atoms with van der Waals surface area (Å²) in [7, 11) is 0. The molecule has 0 spiro atoms. The van der Waals surface area contributed by atoms with Gasteiger partial charge in [0.1, 0.15) is 6.61 Å². The molecule has 0 unspecified atom stereocenters. The van der Waals surface area contributed by atoms with E-state index in [4.69, 9.17) is 9.47 Å². The van der Waals surface area contributed by atoms with Crippen LogP contribution in [0.3, 0.4) is 0 Å². The number of amides is 2. The van der Waals surface area contributed by atoms with Gasteiger partial charge >= 0.3 is 6.09 Å². The van der Waals surface area contributed by atoms with E-state index in [1.807, 2.05) is 30.3 Å². The van der Waals surface area contributed by atoms with Crippen molar-refractivity contribution in [2.75, 3.05) is 26.3 Å². The molecule has 0 bridgehead atoms. The second-order valence-corrected chi connectivity index (χ2v) is 7.08. The minimum absolute atomic E-state index is 0.237. The molecule has 1 saturated heterocycles. The van der Waals surface area contributed by atoms with Gasteiger partial charge in [0.25, 0.3) is 5.91 Å². The van der Waals surface area contributed by atoms with Gasteiger partial charge in [0.15, 0.2) is 0 Å². The van der Waals surface area contributed by atoms with Crippen LogP contribution in [0.15, 0.2) is 43.1 Å². The lowest BCUT2D eigenvalue weighted by molar-refractivity contribution is -0.137. The summed E-state index contributed by atoms with van der Waals surface area (Å²) >= 11 is 0. The van der Waals surface area contributed by atoms with E-state index < -0.39 is 11.7 Å². The van der Waals surface area contributed by atoms with Gasteiger partial charge in [0.05, 0.1) is 13.2 Å². The fraction of sp³-hybridized carbons (Fsp3) is 0.500. The zero-order valence-corrected chi connectivity index (χ0v) is 16.8. The summed E-state index contributed by atoms with van der Waals surface area (Å²) in [6, 6.07) is 9.85. The van der Waals surface area contributed by atoms with Crippen LogP contribution in [0.2, 0.25) is 0 Å². The van der Waals surface area contributed by atoms with E-state index in [0.29, 0.717) is 38.6 Å². The van der Waals surface area contributed by atoms with Crippen molar-refractivity contribution in [2.45, 2.75) is 38.7 Å². The summed E-state index contributed by atoms with van der Waals surface area (Å²) in [5.74, 6) is -0.561. The van der Waals surface area contributed by atoms with E-state index in [1.54, 1.807) is 4.90 Å². The van der Waals surface area contributed by atoms with E-state index >= 15 is 0 Å². The van der Waals surface area contributed by atoms with Crippen molar-refractivity contribution in [3.05, 3.63) is 48.7 Å². The van der Waals surface area contributed by atoms with Gasteiger partial charge in [-0.3, -0.25) is 9.59 Å². The van der Waals surface area contributed by atoms with Crippen LogP contribution in [0.4, 0.5) is 4.79 Å². The lowest BCUT2D eigenvalue weighted by atomic mass is 9.91. The lowest BCUT2D eigenvalue weighted by Gasteiger charge is -2.31. The molecule has 0 aromatic heterocycles. The maximum absolute atomic E-state index is 12.1. The Bertz CT molecular complexity index is 669.